The number of benzene rings is 2. The molecule has 1 heterocycles. The van der Waals surface area contributed by atoms with Gasteiger partial charge in [-0.3, -0.25) is 9.87 Å². The van der Waals surface area contributed by atoms with Crippen molar-refractivity contribution in [1.82, 2.24) is 4.98 Å². The second-order valence-electron chi connectivity index (χ2n) is 7.35. The maximum Gasteiger partial charge on any atom is 0.358 e. The second-order valence-corrected chi connectivity index (χ2v) is 9.01. The summed E-state index contributed by atoms with van der Waals surface area (Å²) in [6.07, 6.45) is 5.29. The van der Waals surface area contributed by atoms with E-state index in [1.54, 1.807) is 12.4 Å². The summed E-state index contributed by atoms with van der Waals surface area (Å²) in [7, 11) is 0. The van der Waals surface area contributed by atoms with Gasteiger partial charge in [-0.2, -0.15) is 10.1 Å². The summed E-state index contributed by atoms with van der Waals surface area (Å²) in [5.74, 6) is -0.434. The van der Waals surface area contributed by atoms with Crippen LogP contribution in [0.1, 0.15) is 39.2 Å². The average molecular weight is 421 g/mol. The Kier molecular flexibility index (Phi) is 7.09. The third-order valence-electron chi connectivity index (χ3n) is 4.69. The van der Waals surface area contributed by atoms with Crippen molar-refractivity contribution >= 4 is 28.5 Å². The van der Waals surface area contributed by atoms with Crippen LogP contribution in [-0.2, 0) is 14.6 Å². The van der Waals surface area contributed by atoms with Gasteiger partial charge < -0.3 is 0 Å². The zero-order valence-corrected chi connectivity index (χ0v) is 18.2. The molecule has 0 saturated carbocycles. The molecule has 0 aliphatic carbocycles. The van der Waals surface area contributed by atoms with Crippen LogP contribution in [0.5, 0.6) is 0 Å². The van der Waals surface area contributed by atoms with Crippen LogP contribution in [0.3, 0.4) is 0 Å². The highest BCUT2D eigenvalue weighted by Gasteiger charge is 2.33. The molecule has 30 heavy (non-hydrogen) atoms. The first kappa shape index (κ1) is 21.8. The molecule has 0 spiro atoms. The van der Waals surface area contributed by atoms with Crippen molar-refractivity contribution in [3.05, 3.63) is 60.4 Å². The van der Waals surface area contributed by atoms with Crippen LogP contribution < -0.4 is 0 Å². The smallest absolute Gasteiger partial charge is 0.297 e. The highest BCUT2D eigenvalue weighted by atomic mass is 32.2. The summed E-state index contributed by atoms with van der Waals surface area (Å²) in [5.41, 5.74) is 2.49. The summed E-state index contributed by atoms with van der Waals surface area (Å²) in [6.45, 7) is 6.05. The Morgan fingerprint density at radius 2 is 1.90 bits per heavy atom. The van der Waals surface area contributed by atoms with Crippen molar-refractivity contribution in [1.29, 1.82) is 5.26 Å². The van der Waals surface area contributed by atoms with Gasteiger partial charge in [0.15, 0.2) is 0 Å². The van der Waals surface area contributed by atoms with Crippen molar-refractivity contribution < 1.29 is 14.6 Å². The molecule has 0 aliphatic rings. The van der Waals surface area contributed by atoms with Gasteiger partial charge in [-0.05, 0) is 43.4 Å². The maximum atomic E-state index is 12.6. The number of nitrogens with zero attached hydrogens (tertiary/aromatic N) is 2. The molecule has 1 aromatic heterocycles. The molecular formula is C24H24N2O3S. The fourth-order valence-corrected chi connectivity index (χ4v) is 4.09. The van der Waals surface area contributed by atoms with E-state index in [2.05, 4.69) is 11.1 Å². The lowest BCUT2D eigenvalue weighted by molar-refractivity contribution is -0.274. The van der Waals surface area contributed by atoms with Crippen molar-refractivity contribution in [2.75, 3.05) is 6.61 Å². The summed E-state index contributed by atoms with van der Waals surface area (Å²) in [6, 6.07) is 15.7. The number of hydrogen-bond donors (Lipinski definition) is 0. The summed E-state index contributed by atoms with van der Waals surface area (Å²) in [5, 5.41) is 11.3. The fourth-order valence-electron chi connectivity index (χ4n) is 3.02. The van der Waals surface area contributed by atoms with Gasteiger partial charge in [0.25, 0.3) is 0 Å². The molecule has 0 amide bonds. The summed E-state index contributed by atoms with van der Waals surface area (Å²) in [4.78, 5) is 27.8. The Labute approximate surface area is 181 Å². The molecule has 154 valence electrons. The number of pyridine rings is 1. The number of nitriles is 1. The number of unbranched alkanes of at least 4 members (excludes halogenated alkanes) is 1. The van der Waals surface area contributed by atoms with Gasteiger partial charge in [-0.15, -0.1) is 11.8 Å². The Balaban J connectivity index is 1.94. The Bertz CT molecular complexity index is 1090. The number of hydrogen-bond acceptors (Lipinski definition) is 6. The third-order valence-corrected chi connectivity index (χ3v) is 5.94. The number of fused-ring (bicyclic) bond motifs is 1. The average Bonchev–Trinajstić information content (AvgIpc) is 2.76. The van der Waals surface area contributed by atoms with E-state index in [-0.39, 0.29) is 0 Å². The highest BCUT2D eigenvalue weighted by Crippen LogP contribution is 2.41. The van der Waals surface area contributed by atoms with Gasteiger partial charge >= 0.3 is 5.97 Å². The molecule has 0 radical (unpaired) electrons. The van der Waals surface area contributed by atoms with Crippen molar-refractivity contribution in [2.45, 2.75) is 43.3 Å². The number of rotatable bonds is 8. The monoisotopic (exact) mass is 420 g/mol. The minimum absolute atomic E-state index is 0.390. The van der Waals surface area contributed by atoms with E-state index in [0.717, 1.165) is 39.6 Å². The van der Waals surface area contributed by atoms with Gasteiger partial charge in [0.05, 0.1) is 18.2 Å². The molecule has 6 heteroatoms. The lowest BCUT2D eigenvalue weighted by Crippen LogP contribution is -2.30. The number of thioether (sulfide) groups is 1. The molecule has 0 atom stereocenters. The van der Waals surface area contributed by atoms with Gasteiger partial charge in [-0.1, -0.05) is 43.7 Å². The van der Waals surface area contributed by atoms with Crippen LogP contribution in [0.4, 0.5) is 0 Å². The first-order valence-electron chi connectivity index (χ1n) is 9.87. The molecule has 3 rings (SSSR count). The van der Waals surface area contributed by atoms with Crippen LogP contribution in [0.2, 0.25) is 0 Å². The van der Waals surface area contributed by atoms with E-state index in [4.69, 9.17) is 9.78 Å². The molecule has 0 unspecified atom stereocenters. The van der Waals surface area contributed by atoms with Crippen LogP contribution >= 0.6 is 11.8 Å². The molecule has 0 N–H and O–H groups in total. The lowest BCUT2D eigenvalue weighted by Gasteiger charge is -2.22. The summed E-state index contributed by atoms with van der Waals surface area (Å²) < 4.78 is -0.856. The highest BCUT2D eigenvalue weighted by molar-refractivity contribution is 8.01. The van der Waals surface area contributed by atoms with Gasteiger partial charge in [0.2, 0.25) is 0 Å². The third kappa shape index (κ3) is 4.81. The Morgan fingerprint density at radius 1 is 1.13 bits per heavy atom. The second kappa shape index (κ2) is 9.75. The lowest BCUT2D eigenvalue weighted by atomic mass is 9.96. The Hall–Kier alpha value is -2.88. The Morgan fingerprint density at radius 3 is 2.63 bits per heavy atom. The minimum atomic E-state index is -0.856. The zero-order valence-electron chi connectivity index (χ0n) is 17.3. The molecule has 0 saturated heterocycles. The SMILES string of the molecule is CCCCOOC(=O)C(C)(C)Sc1ccncc1-c1ccc(C#N)c2ccccc12. The quantitative estimate of drug-likeness (QED) is 0.195. The predicted molar refractivity (Wildman–Crippen MR) is 119 cm³/mol. The molecule has 0 fully saturated rings. The number of carbonyl (C=O) groups is 1. The van der Waals surface area contributed by atoms with Crippen molar-refractivity contribution in [3.63, 3.8) is 0 Å². The molecule has 0 aliphatic heterocycles. The topological polar surface area (TPSA) is 72.2 Å². The normalized spacial score (nSPS) is 11.3. The minimum Gasteiger partial charge on any atom is -0.297 e. The standard InChI is InChI=1S/C24H24N2O3S/c1-4-5-14-28-29-23(27)24(2,3)30-22-12-13-26-16-21(22)20-11-10-17(15-25)18-8-6-7-9-19(18)20/h6-13,16H,4-5,14H2,1-3H3. The molecule has 2 aromatic carbocycles. The van der Waals surface area contributed by atoms with Gasteiger partial charge in [-0.25, -0.2) is 4.79 Å². The predicted octanol–water partition coefficient (Wildman–Crippen LogP) is 5.92. The van der Waals surface area contributed by atoms with Gasteiger partial charge in [0, 0.05) is 28.2 Å². The van der Waals surface area contributed by atoms with Crippen LogP contribution in [0.25, 0.3) is 21.9 Å². The van der Waals surface area contributed by atoms with E-state index in [9.17, 15) is 10.1 Å². The largest absolute Gasteiger partial charge is 0.358 e. The number of aromatic nitrogens is 1. The fraction of sp³-hybridized carbons (Fsp3) is 0.292. The zero-order chi connectivity index (χ0) is 21.6. The first-order chi connectivity index (χ1) is 14.5. The molecular weight excluding hydrogens is 396 g/mol. The number of carbonyl (C=O) groups excluding carboxylic acids is 1. The van der Waals surface area contributed by atoms with Gasteiger partial charge in [0.1, 0.15) is 4.75 Å². The van der Waals surface area contributed by atoms with E-state index >= 15 is 0 Å². The first-order valence-corrected chi connectivity index (χ1v) is 10.7. The molecule has 0 bridgehead atoms. The van der Waals surface area contributed by atoms with Crippen LogP contribution in [0.15, 0.2) is 59.8 Å². The molecule has 5 nitrogen and oxygen atoms in total. The van der Waals surface area contributed by atoms with E-state index in [1.807, 2.05) is 63.2 Å². The van der Waals surface area contributed by atoms with E-state index in [1.165, 1.54) is 11.8 Å². The van der Waals surface area contributed by atoms with Crippen molar-refractivity contribution in [3.8, 4) is 17.2 Å². The van der Waals surface area contributed by atoms with E-state index in [0.29, 0.717) is 12.2 Å². The van der Waals surface area contributed by atoms with Crippen LogP contribution in [-0.4, -0.2) is 22.3 Å². The van der Waals surface area contributed by atoms with Crippen LogP contribution in [0, 0.1) is 11.3 Å². The van der Waals surface area contributed by atoms with Crippen molar-refractivity contribution in [2.24, 2.45) is 0 Å². The maximum absolute atomic E-state index is 12.6. The van der Waals surface area contributed by atoms with E-state index < -0.39 is 10.7 Å². The summed E-state index contributed by atoms with van der Waals surface area (Å²) >= 11 is 1.40. The molecule has 3 aromatic rings.